The number of rotatable bonds is 8. The number of aromatic nitrogens is 2. The Morgan fingerprint density at radius 3 is 2.57 bits per heavy atom. The van der Waals surface area contributed by atoms with E-state index in [2.05, 4.69) is 4.98 Å². The van der Waals surface area contributed by atoms with Crippen molar-refractivity contribution in [2.24, 2.45) is 0 Å². The van der Waals surface area contributed by atoms with Gasteiger partial charge >= 0.3 is 13.3 Å². The monoisotopic (exact) mass is 565 g/mol. The van der Waals surface area contributed by atoms with Crippen molar-refractivity contribution in [3.63, 3.8) is 0 Å². The maximum Gasteiger partial charge on any atom is 0.361 e. The summed E-state index contributed by atoms with van der Waals surface area (Å²) in [5.41, 5.74) is 4.65. The van der Waals surface area contributed by atoms with Crippen LogP contribution in [-0.4, -0.2) is 59.3 Å². The molecule has 0 bridgehead atoms. The second-order valence-electron chi connectivity index (χ2n) is 7.31. The van der Waals surface area contributed by atoms with Gasteiger partial charge in [-0.2, -0.15) is 4.98 Å². The average Bonchev–Trinajstić information content (AvgIpc) is 2.93. The third-order valence-corrected chi connectivity index (χ3v) is 7.93. The fourth-order valence-corrected chi connectivity index (χ4v) is 4.59. The number of nitrogens with two attached hydrogens (primary N) is 1. The van der Waals surface area contributed by atoms with E-state index in [1.165, 1.54) is 13.1 Å². The van der Waals surface area contributed by atoms with Crippen LogP contribution in [0, 0.1) is 3.57 Å². The Bertz CT molecular complexity index is 887. The van der Waals surface area contributed by atoms with E-state index in [1.54, 1.807) is 29.5 Å². The molecule has 172 valence electrons. The number of aliphatic hydroxyl groups excluding tert-OH is 2. The number of halogens is 2. The molecule has 30 heavy (non-hydrogen) atoms. The summed E-state index contributed by atoms with van der Waals surface area (Å²) in [5.74, 6) is -3.11. The molecule has 7 atom stereocenters. The molecule has 2 rings (SSSR count). The summed E-state index contributed by atoms with van der Waals surface area (Å²) in [4.78, 5) is 25.9. The Hall–Kier alpha value is -0.670. The first kappa shape index (κ1) is 25.6. The quantitative estimate of drug-likeness (QED) is 0.224. The number of aliphatic hydroxyl groups is 3. The van der Waals surface area contributed by atoms with Crippen LogP contribution in [-0.2, 0) is 13.8 Å². The molecule has 1 aromatic rings. The minimum absolute atomic E-state index is 0.0568. The fraction of sp³-hybridized carbons (Fsp3) is 0.750. The molecule has 1 aliphatic rings. The van der Waals surface area contributed by atoms with Gasteiger partial charge in [0.05, 0.1) is 3.57 Å². The molecular formula is C16H26FIN3O8P. The predicted molar refractivity (Wildman–Crippen MR) is 112 cm³/mol. The van der Waals surface area contributed by atoms with Gasteiger partial charge in [0.1, 0.15) is 24.1 Å². The summed E-state index contributed by atoms with van der Waals surface area (Å²) in [6.45, 7) is 3.99. The van der Waals surface area contributed by atoms with Crippen LogP contribution in [0.3, 0.4) is 0 Å². The van der Waals surface area contributed by atoms with Crippen LogP contribution in [0.4, 0.5) is 10.2 Å². The zero-order valence-corrected chi connectivity index (χ0v) is 19.7. The predicted octanol–water partition coefficient (Wildman–Crippen LogP) is 0.836. The standard InChI is InChI=1S/C16H26FIN3O8P/c1-4-6-16(17,29-30(26,27)15(3,25)5-2)11-9(22)10(23)13(28-11)21-7-8(18)12(19)20-14(21)24/h7,9-11,13,22-23,25H,4-6H2,1-3H3,(H,26,27)(H2,19,20,24)/t9-,10+,11-,13+,15+,16?/m0/s1. The van der Waals surface area contributed by atoms with E-state index < -0.39 is 55.4 Å². The number of hydrogen-bond acceptors (Lipinski definition) is 9. The van der Waals surface area contributed by atoms with Gasteiger partial charge in [-0.1, -0.05) is 20.3 Å². The second-order valence-corrected chi connectivity index (χ2v) is 10.7. The SMILES string of the molecule is CCCC(F)(OP(=O)(O)[C@@](C)(O)CC)[C@H]1O[C@@H](n2cc(I)c(N)nc2=O)[C@H](O)[C@@H]1O. The second kappa shape index (κ2) is 9.06. The topological polar surface area (TPSA) is 177 Å². The number of alkyl halides is 1. The molecule has 6 N–H and O–H groups in total. The van der Waals surface area contributed by atoms with Gasteiger partial charge in [-0.25, -0.2) is 9.18 Å². The van der Waals surface area contributed by atoms with Gasteiger partial charge in [-0.15, -0.1) is 0 Å². The van der Waals surface area contributed by atoms with Crippen LogP contribution in [0.15, 0.2) is 11.0 Å². The summed E-state index contributed by atoms with van der Waals surface area (Å²) in [7, 11) is -4.95. The maximum absolute atomic E-state index is 15.8. The molecule has 1 aromatic heterocycles. The highest BCUT2D eigenvalue weighted by atomic mass is 127. The summed E-state index contributed by atoms with van der Waals surface area (Å²) in [6, 6.07) is 0. The van der Waals surface area contributed by atoms with E-state index >= 15 is 4.39 Å². The Labute approximate surface area is 185 Å². The molecule has 0 spiro atoms. The highest BCUT2D eigenvalue weighted by molar-refractivity contribution is 14.1. The number of anilines is 1. The minimum atomic E-state index is -4.95. The number of ether oxygens (including phenoxy) is 1. The van der Waals surface area contributed by atoms with Crippen LogP contribution >= 0.6 is 30.2 Å². The van der Waals surface area contributed by atoms with Crippen LogP contribution < -0.4 is 11.4 Å². The highest BCUT2D eigenvalue weighted by Gasteiger charge is 2.59. The van der Waals surface area contributed by atoms with Crippen molar-refractivity contribution in [2.75, 3.05) is 5.73 Å². The third-order valence-electron chi connectivity index (χ3n) is 5.02. The van der Waals surface area contributed by atoms with Crippen molar-refractivity contribution < 1.29 is 38.4 Å². The van der Waals surface area contributed by atoms with Gasteiger partial charge in [0, 0.05) is 12.6 Å². The van der Waals surface area contributed by atoms with E-state index in [1.807, 2.05) is 0 Å². The molecule has 14 heteroatoms. The summed E-state index contributed by atoms with van der Waals surface area (Å²) < 4.78 is 39.8. The van der Waals surface area contributed by atoms with Crippen molar-refractivity contribution >= 4 is 36.0 Å². The Morgan fingerprint density at radius 1 is 1.43 bits per heavy atom. The molecule has 0 saturated carbocycles. The van der Waals surface area contributed by atoms with E-state index in [4.69, 9.17) is 15.0 Å². The average molecular weight is 565 g/mol. The lowest BCUT2D eigenvalue weighted by atomic mass is 10.00. The fourth-order valence-electron chi connectivity index (χ4n) is 2.97. The van der Waals surface area contributed by atoms with Crippen LogP contribution in [0.1, 0.15) is 46.3 Å². The highest BCUT2D eigenvalue weighted by Crippen LogP contribution is 2.60. The zero-order valence-electron chi connectivity index (χ0n) is 16.6. The number of hydrogen-bond donors (Lipinski definition) is 5. The molecule has 0 aromatic carbocycles. The normalized spacial score (nSPS) is 30.4. The maximum atomic E-state index is 15.8. The van der Waals surface area contributed by atoms with Crippen molar-refractivity contribution in [2.45, 2.75) is 75.8 Å². The first-order valence-corrected chi connectivity index (χ1v) is 11.9. The van der Waals surface area contributed by atoms with Gasteiger partial charge in [-0.3, -0.25) is 13.7 Å². The van der Waals surface area contributed by atoms with E-state index in [0.717, 1.165) is 11.5 Å². The molecule has 1 aliphatic heterocycles. The van der Waals surface area contributed by atoms with E-state index in [9.17, 15) is 29.6 Å². The molecule has 11 nitrogen and oxygen atoms in total. The Balaban J connectivity index is 2.44. The van der Waals surface area contributed by atoms with Crippen molar-refractivity contribution in [1.82, 2.24) is 9.55 Å². The molecule has 0 radical (unpaired) electrons. The molecule has 0 aliphatic carbocycles. The Kier molecular flexibility index (Phi) is 7.73. The summed E-state index contributed by atoms with van der Waals surface area (Å²) in [6.07, 6.45) is -6.58. The molecule has 1 saturated heterocycles. The summed E-state index contributed by atoms with van der Waals surface area (Å²) >= 11 is 1.79. The van der Waals surface area contributed by atoms with Crippen molar-refractivity contribution in [1.29, 1.82) is 0 Å². The smallest absolute Gasteiger partial charge is 0.361 e. The van der Waals surface area contributed by atoms with Gasteiger partial charge in [0.25, 0.3) is 0 Å². The molecule has 1 fully saturated rings. The molecule has 2 heterocycles. The van der Waals surface area contributed by atoms with Gasteiger partial charge in [0.2, 0.25) is 5.85 Å². The van der Waals surface area contributed by atoms with Crippen molar-refractivity contribution in [3.05, 3.63) is 20.3 Å². The van der Waals surface area contributed by atoms with Gasteiger partial charge < -0.3 is 30.7 Å². The first-order chi connectivity index (χ1) is 13.7. The van der Waals surface area contributed by atoms with Gasteiger partial charge in [-0.05, 0) is 35.9 Å². The van der Waals surface area contributed by atoms with E-state index in [-0.39, 0.29) is 18.7 Å². The lowest BCUT2D eigenvalue weighted by Crippen LogP contribution is -2.48. The largest absolute Gasteiger partial charge is 0.387 e. The lowest BCUT2D eigenvalue weighted by Gasteiger charge is -2.37. The summed E-state index contributed by atoms with van der Waals surface area (Å²) in [5, 5.41) is 28.7. The molecule has 2 unspecified atom stereocenters. The molecule has 0 amide bonds. The Morgan fingerprint density at radius 2 is 2.03 bits per heavy atom. The van der Waals surface area contributed by atoms with E-state index in [0.29, 0.717) is 3.57 Å². The van der Waals surface area contributed by atoms with Crippen LogP contribution in [0.5, 0.6) is 0 Å². The van der Waals surface area contributed by atoms with Crippen LogP contribution in [0.25, 0.3) is 0 Å². The zero-order chi connectivity index (χ0) is 23.1. The minimum Gasteiger partial charge on any atom is -0.387 e. The van der Waals surface area contributed by atoms with Crippen LogP contribution in [0.2, 0.25) is 0 Å². The molecular weight excluding hydrogens is 539 g/mol. The lowest BCUT2D eigenvalue weighted by molar-refractivity contribution is -0.202. The van der Waals surface area contributed by atoms with Crippen molar-refractivity contribution in [3.8, 4) is 0 Å². The first-order valence-electron chi connectivity index (χ1n) is 9.21. The number of nitrogens with zero attached hydrogens (tertiary/aromatic N) is 2. The number of nitrogen functional groups attached to an aromatic ring is 1. The van der Waals surface area contributed by atoms with Gasteiger partial charge in [0.15, 0.2) is 11.6 Å². The third kappa shape index (κ3) is 4.72.